The number of aromatic nitrogens is 1. The lowest BCUT2D eigenvalue weighted by atomic mass is 10.2. The van der Waals surface area contributed by atoms with Gasteiger partial charge in [0.25, 0.3) is 0 Å². The van der Waals surface area contributed by atoms with E-state index in [1.165, 1.54) is 0 Å². The van der Waals surface area contributed by atoms with Gasteiger partial charge < -0.3 is 20.6 Å². The zero-order chi connectivity index (χ0) is 13.1. The number of ether oxygens (including phenoxy) is 1. The number of nitrogens with zero attached hydrogens (tertiary/aromatic N) is 3. The minimum Gasteiger partial charge on any atom is -0.409 e. The first-order chi connectivity index (χ1) is 8.61. The van der Waals surface area contributed by atoms with E-state index in [4.69, 9.17) is 15.7 Å². The Hall–Kier alpha value is -1.34. The second kappa shape index (κ2) is 5.53. The molecule has 1 aliphatic heterocycles. The smallest absolute Gasteiger partial charge is 0.170 e. The van der Waals surface area contributed by atoms with Gasteiger partial charge in [-0.05, 0) is 35.0 Å². The first kappa shape index (κ1) is 13.1. The molecule has 2 rings (SSSR count). The summed E-state index contributed by atoms with van der Waals surface area (Å²) in [7, 11) is 0. The predicted octanol–water partition coefficient (Wildman–Crippen LogP) is 1.10. The summed E-state index contributed by atoms with van der Waals surface area (Å²) in [6.45, 7) is 3.74. The summed E-state index contributed by atoms with van der Waals surface area (Å²) in [5.41, 5.74) is 6.49. The van der Waals surface area contributed by atoms with Crippen LogP contribution in [0.5, 0.6) is 0 Å². The second-order valence-electron chi connectivity index (χ2n) is 4.07. The van der Waals surface area contributed by atoms with Crippen LogP contribution in [0, 0.1) is 6.92 Å². The number of hydrogen-bond donors (Lipinski definition) is 2. The Kier molecular flexibility index (Phi) is 4.03. The monoisotopic (exact) mass is 314 g/mol. The second-order valence-corrected chi connectivity index (χ2v) is 4.92. The number of hydrogen-bond acceptors (Lipinski definition) is 5. The highest BCUT2D eigenvalue weighted by atomic mass is 79.9. The van der Waals surface area contributed by atoms with Crippen LogP contribution in [0.4, 0.5) is 5.82 Å². The van der Waals surface area contributed by atoms with Gasteiger partial charge >= 0.3 is 0 Å². The van der Waals surface area contributed by atoms with Gasteiger partial charge in [0.05, 0.1) is 18.8 Å². The Morgan fingerprint density at radius 1 is 1.67 bits per heavy atom. The highest BCUT2D eigenvalue weighted by molar-refractivity contribution is 9.10. The molecule has 1 unspecified atom stereocenters. The van der Waals surface area contributed by atoms with E-state index >= 15 is 0 Å². The summed E-state index contributed by atoms with van der Waals surface area (Å²) in [4.78, 5) is 6.56. The molecule has 18 heavy (non-hydrogen) atoms. The van der Waals surface area contributed by atoms with Gasteiger partial charge in [-0.1, -0.05) is 5.16 Å². The SMILES string of the molecule is Cc1nc(N2CCOC(/C(N)=N/O)C2)ccc1Br. The van der Waals surface area contributed by atoms with Crippen molar-refractivity contribution in [3.8, 4) is 0 Å². The van der Waals surface area contributed by atoms with Crippen molar-refractivity contribution in [2.45, 2.75) is 13.0 Å². The van der Waals surface area contributed by atoms with E-state index in [9.17, 15) is 0 Å². The standard InChI is InChI=1S/C11H15BrN4O2/c1-7-8(12)2-3-10(14-7)16-4-5-18-9(6-16)11(13)15-17/h2-3,9,17H,4-6H2,1H3,(H2,13,15). The number of rotatable bonds is 2. The maximum absolute atomic E-state index is 8.67. The molecule has 0 bridgehead atoms. The molecule has 6 nitrogen and oxygen atoms in total. The van der Waals surface area contributed by atoms with Gasteiger partial charge in [-0.2, -0.15) is 0 Å². The molecule has 1 saturated heterocycles. The molecule has 3 N–H and O–H groups in total. The van der Waals surface area contributed by atoms with Crippen LogP contribution in [-0.4, -0.2) is 41.8 Å². The Balaban J connectivity index is 2.15. The molecule has 0 spiro atoms. The normalized spacial score (nSPS) is 21.1. The van der Waals surface area contributed by atoms with Crippen LogP contribution in [0.15, 0.2) is 21.8 Å². The molecule has 0 radical (unpaired) electrons. The van der Waals surface area contributed by atoms with Crippen molar-refractivity contribution in [1.29, 1.82) is 0 Å². The Labute approximate surface area is 114 Å². The average Bonchev–Trinajstić information content (AvgIpc) is 2.41. The molecule has 1 fully saturated rings. The van der Waals surface area contributed by atoms with Crippen molar-refractivity contribution in [3.05, 3.63) is 22.3 Å². The van der Waals surface area contributed by atoms with Gasteiger partial charge in [0.1, 0.15) is 11.9 Å². The molecule has 7 heteroatoms. The number of morpholine rings is 1. The van der Waals surface area contributed by atoms with E-state index < -0.39 is 6.10 Å². The molecule has 1 aromatic rings. The lowest BCUT2D eigenvalue weighted by molar-refractivity contribution is 0.0804. The van der Waals surface area contributed by atoms with E-state index in [1.54, 1.807) is 0 Å². The number of nitrogens with two attached hydrogens (primary N) is 1. The molecule has 1 aromatic heterocycles. The number of aryl methyl sites for hydroxylation is 1. The number of oxime groups is 1. The number of pyridine rings is 1. The average molecular weight is 315 g/mol. The molecular formula is C11H15BrN4O2. The summed E-state index contributed by atoms with van der Waals surface area (Å²) >= 11 is 3.42. The van der Waals surface area contributed by atoms with E-state index in [2.05, 4.69) is 31.0 Å². The minimum atomic E-state index is -0.394. The summed E-state index contributed by atoms with van der Waals surface area (Å²) < 4.78 is 6.42. The quantitative estimate of drug-likeness (QED) is 0.370. The van der Waals surface area contributed by atoms with Gasteiger partial charge in [0.15, 0.2) is 5.84 Å². The van der Waals surface area contributed by atoms with Crippen molar-refractivity contribution < 1.29 is 9.94 Å². The van der Waals surface area contributed by atoms with E-state index in [0.29, 0.717) is 13.2 Å². The summed E-state index contributed by atoms with van der Waals surface area (Å²) in [6.07, 6.45) is -0.394. The summed E-state index contributed by atoms with van der Waals surface area (Å²) in [6, 6.07) is 3.90. The van der Waals surface area contributed by atoms with Crippen molar-refractivity contribution in [2.75, 3.05) is 24.6 Å². The zero-order valence-electron chi connectivity index (χ0n) is 10.0. The van der Waals surface area contributed by atoms with E-state index in [1.807, 2.05) is 19.1 Å². The lowest BCUT2D eigenvalue weighted by Gasteiger charge is -2.33. The van der Waals surface area contributed by atoms with E-state index in [-0.39, 0.29) is 5.84 Å². The molecule has 1 aliphatic rings. The highest BCUT2D eigenvalue weighted by Crippen LogP contribution is 2.20. The topological polar surface area (TPSA) is 84.0 Å². The third-order valence-electron chi connectivity index (χ3n) is 2.84. The first-order valence-electron chi connectivity index (χ1n) is 5.59. The molecule has 0 saturated carbocycles. The Bertz CT molecular complexity index is 466. The van der Waals surface area contributed by atoms with Crippen molar-refractivity contribution in [2.24, 2.45) is 10.9 Å². The number of anilines is 1. The molecule has 0 aliphatic carbocycles. The first-order valence-corrected chi connectivity index (χ1v) is 6.38. The van der Waals surface area contributed by atoms with Crippen molar-refractivity contribution in [3.63, 3.8) is 0 Å². The maximum Gasteiger partial charge on any atom is 0.170 e. The third kappa shape index (κ3) is 2.73. The van der Waals surface area contributed by atoms with Crippen LogP contribution < -0.4 is 10.6 Å². The number of amidine groups is 1. The molecule has 2 heterocycles. The lowest BCUT2D eigenvalue weighted by Crippen LogP contribution is -2.48. The fraction of sp³-hybridized carbons (Fsp3) is 0.455. The molecule has 0 amide bonds. The van der Waals surface area contributed by atoms with Crippen LogP contribution >= 0.6 is 15.9 Å². The summed E-state index contributed by atoms with van der Waals surface area (Å²) in [5.74, 6) is 0.961. The highest BCUT2D eigenvalue weighted by Gasteiger charge is 2.24. The van der Waals surface area contributed by atoms with Crippen LogP contribution in [-0.2, 0) is 4.74 Å². The summed E-state index contributed by atoms with van der Waals surface area (Å²) in [5, 5.41) is 11.7. The van der Waals surface area contributed by atoms with Gasteiger partial charge in [0.2, 0.25) is 0 Å². The predicted molar refractivity (Wildman–Crippen MR) is 72.0 cm³/mol. The third-order valence-corrected chi connectivity index (χ3v) is 3.68. The zero-order valence-corrected chi connectivity index (χ0v) is 11.6. The number of halogens is 1. The van der Waals surface area contributed by atoms with Crippen LogP contribution in [0.1, 0.15) is 5.69 Å². The molecular weight excluding hydrogens is 300 g/mol. The molecule has 98 valence electrons. The largest absolute Gasteiger partial charge is 0.409 e. The fourth-order valence-electron chi connectivity index (χ4n) is 1.81. The molecule has 1 atom stereocenters. The van der Waals surface area contributed by atoms with Crippen LogP contribution in [0.25, 0.3) is 0 Å². The van der Waals surface area contributed by atoms with Gasteiger partial charge in [-0.15, -0.1) is 0 Å². The minimum absolute atomic E-state index is 0.0912. The Morgan fingerprint density at radius 2 is 2.44 bits per heavy atom. The Morgan fingerprint density at radius 3 is 3.11 bits per heavy atom. The van der Waals surface area contributed by atoms with Gasteiger partial charge in [-0.25, -0.2) is 4.98 Å². The van der Waals surface area contributed by atoms with Gasteiger partial charge in [0, 0.05) is 11.0 Å². The van der Waals surface area contributed by atoms with Crippen molar-refractivity contribution >= 4 is 27.6 Å². The van der Waals surface area contributed by atoms with Gasteiger partial charge in [-0.3, -0.25) is 0 Å². The molecule has 0 aromatic carbocycles. The van der Waals surface area contributed by atoms with E-state index in [0.717, 1.165) is 22.5 Å². The van der Waals surface area contributed by atoms with Crippen LogP contribution in [0.3, 0.4) is 0 Å². The van der Waals surface area contributed by atoms with Crippen LogP contribution in [0.2, 0.25) is 0 Å². The maximum atomic E-state index is 8.67. The van der Waals surface area contributed by atoms with Crippen molar-refractivity contribution in [1.82, 2.24) is 4.98 Å². The fourth-order valence-corrected chi connectivity index (χ4v) is 2.03.